The summed E-state index contributed by atoms with van der Waals surface area (Å²) in [4.78, 5) is 17.4. The van der Waals surface area contributed by atoms with Gasteiger partial charge in [0.2, 0.25) is 15.0 Å². The molecule has 0 spiro atoms. The van der Waals surface area contributed by atoms with Crippen molar-refractivity contribution < 1.29 is 18.3 Å². The van der Waals surface area contributed by atoms with Crippen molar-refractivity contribution >= 4 is 15.8 Å². The normalized spacial score (nSPS) is 17.5. The molecular weight excluding hydrogens is 244 g/mol. The Morgan fingerprint density at radius 2 is 2.00 bits per heavy atom. The smallest absolute Gasteiger partial charge is 0.356 e. The van der Waals surface area contributed by atoms with Crippen molar-refractivity contribution in [2.75, 3.05) is 6.26 Å². The van der Waals surface area contributed by atoms with Crippen LogP contribution in [0.5, 0.6) is 0 Å². The lowest BCUT2D eigenvalue weighted by molar-refractivity contribution is 0.0689. The molecule has 1 saturated carbocycles. The zero-order valence-electron chi connectivity index (χ0n) is 9.43. The number of carbonyl (C=O) groups is 1. The average molecular weight is 258 g/mol. The largest absolute Gasteiger partial charge is 0.476 e. The van der Waals surface area contributed by atoms with Gasteiger partial charge < -0.3 is 10.1 Å². The topological polar surface area (TPSA) is 100 Å². The van der Waals surface area contributed by atoms with Crippen LogP contribution in [0.2, 0.25) is 0 Å². The highest BCUT2D eigenvalue weighted by atomic mass is 32.2. The van der Waals surface area contributed by atoms with Crippen LogP contribution in [0.15, 0.2) is 5.16 Å². The molecule has 1 aliphatic carbocycles. The third-order valence-electron chi connectivity index (χ3n) is 3.03. The summed E-state index contributed by atoms with van der Waals surface area (Å²) >= 11 is 0. The molecule has 1 aromatic rings. The second-order valence-corrected chi connectivity index (χ2v) is 6.29. The summed E-state index contributed by atoms with van der Waals surface area (Å²) in [6.07, 6.45) is 4.85. The molecule has 17 heavy (non-hydrogen) atoms. The number of aromatic carboxylic acids is 1. The van der Waals surface area contributed by atoms with E-state index in [1.54, 1.807) is 0 Å². The molecule has 2 rings (SSSR count). The Bertz CT molecular complexity index is 541. The lowest BCUT2D eigenvalue weighted by Gasteiger charge is -2.06. The molecule has 2 N–H and O–H groups in total. The van der Waals surface area contributed by atoms with E-state index in [9.17, 15) is 13.2 Å². The van der Waals surface area contributed by atoms with E-state index in [0.29, 0.717) is 5.69 Å². The van der Waals surface area contributed by atoms with Crippen LogP contribution in [0.4, 0.5) is 0 Å². The second kappa shape index (κ2) is 4.14. The van der Waals surface area contributed by atoms with Crippen molar-refractivity contribution in [1.82, 2.24) is 9.97 Å². The first-order chi connectivity index (χ1) is 7.89. The number of nitrogens with zero attached hydrogens (tertiary/aromatic N) is 1. The van der Waals surface area contributed by atoms with Crippen LogP contribution in [0.3, 0.4) is 0 Å². The molecular formula is C10H14N2O4S. The number of nitrogens with one attached hydrogen (secondary N) is 1. The molecule has 1 aliphatic rings. The number of carboxylic acid groups (broad SMARTS) is 1. The minimum absolute atomic E-state index is 0.0871. The fourth-order valence-electron chi connectivity index (χ4n) is 2.21. The third kappa shape index (κ3) is 2.33. The summed E-state index contributed by atoms with van der Waals surface area (Å²) in [5, 5.41) is 8.77. The van der Waals surface area contributed by atoms with Crippen LogP contribution in [-0.4, -0.2) is 35.7 Å². The molecule has 1 heterocycles. The Morgan fingerprint density at radius 3 is 2.47 bits per heavy atom. The molecule has 94 valence electrons. The molecule has 0 radical (unpaired) electrons. The number of imidazole rings is 1. The Balaban J connectivity index is 2.49. The lowest BCUT2D eigenvalue weighted by atomic mass is 10.0. The van der Waals surface area contributed by atoms with Gasteiger partial charge in [0.15, 0.2) is 5.69 Å². The number of carboxylic acids is 1. The van der Waals surface area contributed by atoms with Gasteiger partial charge in [0.1, 0.15) is 0 Å². The standard InChI is InChI=1S/C10H14N2O4S/c1-17(15,16)10-11-7(6-4-2-3-5-6)8(12-10)9(13)14/h6H,2-5H2,1H3,(H,11,12)(H,13,14). The lowest BCUT2D eigenvalue weighted by Crippen LogP contribution is -2.04. The molecule has 0 atom stereocenters. The monoisotopic (exact) mass is 258 g/mol. The van der Waals surface area contributed by atoms with E-state index in [1.807, 2.05) is 0 Å². The highest BCUT2D eigenvalue weighted by Gasteiger charge is 2.28. The minimum Gasteiger partial charge on any atom is -0.476 e. The van der Waals surface area contributed by atoms with E-state index >= 15 is 0 Å². The molecule has 7 heteroatoms. The van der Waals surface area contributed by atoms with Crippen LogP contribution in [0.25, 0.3) is 0 Å². The number of rotatable bonds is 3. The fourth-order valence-corrected chi connectivity index (χ4v) is 2.77. The maximum absolute atomic E-state index is 11.3. The van der Waals surface area contributed by atoms with Crippen molar-refractivity contribution in [3.63, 3.8) is 0 Å². The summed E-state index contributed by atoms with van der Waals surface area (Å²) in [6.45, 7) is 0. The fraction of sp³-hybridized carbons (Fsp3) is 0.600. The third-order valence-corrected chi connectivity index (χ3v) is 3.92. The van der Waals surface area contributed by atoms with E-state index in [2.05, 4.69) is 9.97 Å². The van der Waals surface area contributed by atoms with Gasteiger partial charge in [0.25, 0.3) is 0 Å². The van der Waals surface area contributed by atoms with E-state index in [1.165, 1.54) is 0 Å². The Kier molecular flexibility index (Phi) is 2.94. The summed E-state index contributed by atoms with van der Waals surface area (Å²) in [7, 11) is -3.50. The minimum atomic E-state index is -3.50. The summed E-state index contributed by atoms with van der Waals surface area (Å²) in [5.74, 6) is -1.10. The molecule has 1 aromatic heterocycles. The number of hydrogen-bond acceptors (Lipinski definition) is 4. The van der Waals surface area contributed by atoms with E-state index in [-0.39, 0.29) is 16.8 Å². The number of hydrogen-bond donors (Lipinski definition) is 2. The van der Waals surface area contributed by atoms with Crippen LogP contribution >= 0.6 is 0 Å². The molecule has 0 amide bonds. The van der Waals surface area contributed by atoms with Crippen LogP contribution in [0, 0.1) is 0 Å². The highest BCUT2D eigenvalue weighted by molar-refractivity contribution is 7.90. The van der Waals surface area contributed by atoms with Gasteiger partial charge in [-0.2, -0.15) is 0 Å². The zero-order valence-corrected chi connectivity index (χ0v) is 10.2. The van der Waals surface area contributed by atoms with Crippen molar-refractivity contribution in [1.29, 1.82) is 0 Å². The molecule has 0 bridgehead atoms. The van der Waals surface area contributed by atoms with Crippen LogP contribution in [0.1, 0.15) is 47.8 Å². The van der Waals surface area contributed by atoms with Gasteiger partial charge >= 0.3 is 5.97 Å². The van der Waals surface area contributed by atoms with Crippen molar-refractivity contribution in [3.8, 4) is 0 Å². The van der Waals surface area contributed by atoms with Crippen molar-refractivity contribution in [2.45, 2.75) is 36.8 Å². The van der Waals surface area contributed by atoms with Crippen LogP contribution in [-0.2, 0) is 9.84 Å². The van der Waals surface area contributed by atoms with Crippen molar-refractivity contribution in [2.24, 2.45) is 0 Å². The average Bonchev–Trinajstić information content (AvgIpc) is 2.85. The van der Waals surface area contributed by atoms with E-state index < -0.39 is 15.8 Å². The van der Waals surface area contributed by atoms with Crippen molar-refractivity contribution in [3.05, 3.63) is 11.4 Å². The van der Waals surface area contributed by atoms with Gasteiger partial charge in [-0.3, -0.25) is 0 Å². The summed E-state index contributed by atoms with van der Waals surface area (Å²) in [5.41, 5.74) is 0.299. The number of H-pyrrole nitrogens is 1. The predicted molar refractivity (Wildman–Crippen MR) is 59.9 cm³/mol. The SMILES string of the molecule is CS(=O)(=O)c1nc(C(=O)O)c(C2CCCC2)[nH]1. The molecule has 1 fully saturated rings. The molecule has 0 aromatic carbocycles. The quantitative estimate of drug-likeness (QED) is 0.847. The first-order valence-corrected chi connectivity index (χ1v) is 7.32. The van der Waals surface area contributed by atoms with Gasteiger partial charge in [-0.25, -0.2) is 18.2 Å². The van der Waals surface area contributed by atoms with E-state index in [0.717, 1.165) is 31.9 Å². The molecule has 0 unspecified atom stereocenters. The summed E-state index contributed by atoms with van der Waals surface area (Å²) in [6, 6.07) is 0. The second-order valence-electron chi connectivity index (χ2n) is 4.36. The first-order valence-electron chi connectivity index (χ1n) is 5.43. The number of aromatic amines is 1. The molecule has 0 aliphatic heterocycles. The Labute approximate surface area is 99.0 Å². The van der Waals surface area contributed by atoms with Gasteiger partial charge in [0.05, 0.1) is 5.69 Å². The van der Waals surface area contributed by atoms with Gasteiger partial charge in [0, 0.05) is 12.2 Å². The van der Waals surface area contributed by atoms with Gasteiger partial charge in [-0.05, 0) is 12.8 Å². The predicted octanol–water partition coefficient (Wildman–Crippen LogP) is 1.17. The van der Waals surface area contributed by atoms with E-state index in [4.69, 9.17) is 5.11 Å². The first kappa shape index (κ1) is 12.1. The van der Waals surface area contributed by atoms with Crippen LogP contribution < -0.4 is 0 Å². The Hall–Kier alpha value is -1.37. The van der Waals surface area contributed by atoms with Gasteiger partial charge in [-0.15, -0.1) is 0 Å². The molecule has 0 saturated heterocycles. The highest BCUT2D eigenvalue weighted by Crippen LogP contribution is 2.35. The number of sulfone groups is 1. The van der Waals surface area contributed by atoms with Gasteiger partial charge in [-0.1, -0.05) is 12.8 Å². The molecule has 6 nitrogen and oxygen atoms in total. The summed E-state index contributed by atoms with van der Waals surface area (Å²) < 4.78 is 22.7. The zero-order chi connectivity index (χ0) is 12.6. The Morgan fingerprint density at radius 1 is 1.41 bits per heavy atom. The maximum Gasteiger partial charge on any atom is 0.356 e. The maximum atomic E-state index is 11.3. The number of aromatic nitrogens is 2.